The fourth-order valence-corrected chi connectivity index (χ4v) is 5.55. The zero-order valence-electron chi connectivity index (χ0n) is 20.0. The monoisotopic (exact) mass is 582 g/mol. The molecule has 0 radical (unpaired) electrons. The highest BCUT2D eigenvalue weighted by atomic mass is 79.9. The van der Waals surface area contributed by atoms with Crippen molar-refractivity contribution in [3.8, 4) is 17.4 Å². The summed E-state index contributed by atoms with van der Waals surface area (Å²) in [5, 5.41) is 14.6. The number of anilines is 1. The van der Waals surface area contributed by atoms with Gasteiger partial charge in [-0.15, -0.1) is 4.40 Å². The number of benzene rings is 2. The Hall–Kier alpha value is -3.70. The molecule has 9 nitrogen and oxygen atoms in total. The van der Waals surface area contributed by atoms with E-state index in [0.29, 0.717) is 46.0 Å². The van der Waals surface area contributed by atoms with Gasteiger partial charge in [0.05, 0.1) is 11.2 Å². The van der Waals surface area contributed by atoms with E-state index in [1.807, 2.05) is 13.8 Å². The first-order valence-electron chi connectivity index (χ1n) is 11.6. The third-order valence-corrected chi connectivity index (χ3v) is 7.69. The smallest absolute Gasteiger partial charge is 0.286 e. The van der Waals surface area contributed by atoms with Gasteiger partial charge in [-0.05, 0) is 64.7 Å². The van der Waals surface area contributed by atoms with Gasteiger partial charge in [0, 0.05) is 18.0 Å². The summed E-state index contributed by atoms with van der Waals surface area (Å²) in [5.74, 6) is 0.393. The zero-order valence-corrected chi connectivity index (χ0v) is 22.4. The highest BCUT2D eigenvalue weighted by molar-refractivity contribution is 9.10. The van der Waals surface area contributed by atoms with Crippen molar-refractivity contribution in [2.75, 3.05) is 5.32 Å². The van der Waals surface area contributed by atoms with Gasteiger partial charge in [0.25, 0.3) is 15.6 Å². The van der Waals surface area contributed by atoms with Gasteiger partial charge in [0.2, 0.25) is 5.88 Å². The van der Waals surface area contributed by atoms with Crippen LogP contribution in [0.3, 0.4) is 0 Å². The van der Waals surface area contributed by atoms with Crippen molar-refractivity contribution in [2.24, 2.45) is 10.3 Å². The predicted octanol–water partition coefficient (Wildman–Crippen LogP) is 5.26. The fourth-order valence-electron chi connectivity index (χ4n) is 4.10. The highest BCUT2D eigenvalue weighted by Gasteiger charge is 2.29. The fraction of sp³-hybridized carbons (Fsp3) is 0.192. The Kier molecular flexibility index (Phi) is 6.50. The van der Waals surface area contributed by atoms with Gasteiger partial charge in [-0.1, -0.05) is 32.0 Å². The van der Waals surface area contributed by atoms with Gasteiger partial charge in [-0.3, -0.25) is 4.79 Å². The first-order chi connectivity index (χ1) is 17.6. The van der Waals surface area contributed by atoms with Crippen LogP contribution in [0.4, 0.5) is 5.69 Å². The molecule has 2 aromatic heterocycles. The number of halogens is 1. The van der Waals surface area contributed by atoms with Gasteiger partial charge < -0.3 is 19.7 Å². The summed E-state index contributed by atoms with van der Waals surface area (Å²) in [6.07, 6.45) is 0.695. The average Bonchev–Trinajstić information content (AvgIpc) is 2.84. The minimum atomic E-state index is -4.09. The van der Waals surface area contributed by atoms with Crippen LogP contribution in [0.5, 0.6) is 17.4 Å². The molecule has 0 fully saturated rings. The molecule has 0 amide bonds. The molecule has 0 saturated heterocycles. The Labute approximate surface area is 221 Å². The van der Waals surface area contributed by atoms with Crippen molar-refractivity contribution >= 4 is 48.4 Å². The third kappa shape index (κ3) is 4.84. The molecule has 2 aromatic carbocycles. The van der Waals surface area contributed by atoms with Crippen LogP contribution in [0, 0.1) is 5.92 Å². The minimum absolute atomic E-state index is 0.00336. The summed E-state index contributed by atoms with van der Waals surface area (Å²) in [7, 11) is -4.09. The van der Waals surface area contributed by atoms with E-state index in [1.165, 1.54) is 10.6 Å². The predicted molar refractivity (Wildman–Crippen MR) is 145 cm³/mol. The molecular formula is C26H23BrN4O5S. The Morgan fingerprint density at radius 3 is 2.65 bits per heavy atom. The largest absolute Gasteiger partial charge is 0.506 e. The molecule has 1 aliphatic heterocycles. The molecule has 0 unspecified atom stereocenters. The SMILES string of the molecule is CC(C)CCn1c(=O)c(C2=NS(=O)(=O)c3ccccc3N2)c(O)c2cc(Oc3cccc(Br)n3)ccc21. The number of pyridine rings is 2. The number of rotatable bonds is 6. The number of para-hydroxylation sites is 1. The van der Waals surface area contributed by atoms with Crippen LogP contribution in [0.1, 0.15) is 25.8 Å². The number of aromatic nitrogens is 2. The molecule has 190 valence electrons. The van der Waals surface area contributed by atoms with Crippen LogP contribution >= 0.6 is 15.9 Å². The molecule has 0 atom stereocenters. The quantitative estimate of drug-likeness (QED) is 0.297. The van der Waals surface area contributed by atoms with E-state index in [0.717, 1.165) is 0 Å². The van der Waals surface area contributed by atoms with Crippen molar-refractivity contribution in [1.82, 2.24) is 9.55 Å². The molecule has 2 N–H and O–H groups in total. The number of nitrogens with one attached hydrogen (secondary N) is 1. The van der Waals surface area contributed by atoms with Crippen LogP contribution in [0.15, 0.2) is 79.4 Å². The first kappa shape index (κ1) is 25.0. The molecule has 5 rings (SSSR count). The number of aryl methyl sites for hydroxylation is 1. The van der Waals surface area contributed by atoms with Crippen LogP contribution < -0.4 is 15.6 Å². The molecule has 0 aliphatic carbocycles. The van der Waals surface area contributed by atoms with Gasteiger partial charge in [0.15, 0.2) is 5.84 Å². The normalized spacial score (nSPS) is 14.2. The standard InChI is InChI=1S/C26H23BrN4O5S/c1-15(2)12-13-31-19-11-10-16(36-22-9-5-8-21(27)29-22)14-17(19)24(32)23(26(31)33)25-28-18-6-3-4-7-20(18)37(34,35)30-25/h3-11,14-15,32H,12-13H2,1-2H3,(H,28,30). The van der Waals surface area contributed by atoms with E-state index in [1.54, 1.807) is 54.6 Å². The van der Waals surface area contributed by atoms with E-state index in [4.69, 9.17) is 4.74 Å². The minimum Gasteiger partial charge on any atom is -0.506 e. The lowest BCUT2D eigenvalue weighted by Crippen LogP contribution is -2.33. The Morgan fingerprint density at radius 1 is 1.11 bits per heavy atom. The molecule has 11 heteroatoms. The van der Waals surface area contributed by atoms with E-state index in [9.17, 15) is 18.3 Å². The van der Waals surface area contributed by atoms with Gasteiger partial charge in [-0.2, -0.15) is 8.42 Å². The van der Waals surface area contributed by atoms with Crippen molar-refractivity contribution in [1.29, 1.82) is 0 Å². The highest BCUT2D eigenvalue weighted by Crippen LogP contribution is 2.34. The second-order valence-electron chi connectivity index (χ2n) is 8.98. The Balaban J connectivity index is 1.70. The van der Waals surface area contributed by atoms with Crippen LogP contribution in [-0.4, -0.2) is 28.9 Å². The maximum absolute atomic E-state index is 13.7. The molecule has 3 heterocycles. The first-order valence-corrected chi connectivity index (χ1v) is 13.8. The van der Waals surface area contributed by atoms with E-state index >= 15 is 0 Å². The second-order valence-corrected chi connectivity index (χ2v) is 11.4. The second kappa shape index (κ2) is 9.64. The van der Waals surface area contributed by atoms with Crippen LogP contribution in [-0.2, 0) is 16.6 Å². The molecule has 0 saturated carbocycles. The molecule has 0 spiro atoms. The summed E-state index contributed by atoms with van der Waals surface area (Å²) in [5.41, 5.74) is -0.0140. The summed E-state index contributed by atoms with van der Waals surface area (Å²) < 4.78 is 37.6. The van der Waals surface area contributed by atoms with E-state index in [-0.39, 0.29) is 22.0 Å². The number of fused-ring (bicyclic) bond motifs is 2. The van der Waals surface area contributed by atoms with Crippen molar-refractivity contribution in [3.05, 3.63) is 81.2 Å². The third-order valence-electron chi connectivity index (χ3n) is 5.92. The molecular weight excluding hydrogens is 560 g/mol. The maximum atomic E-state index is 13.7. The summed E-state index contributed by atoms with van der Waals surface area (Å²) in [6, 6.07) is 16.5. The average molecular weight is 583 g/mol. The molecule has 37 heavy (non-hydrogen) atoms. The van der Waals surface area contributed by atoms with Crippen LogP contribution in [0.2, 0.25) is 0 Å². The number of sulfonamides is 1. The number of hydrogen-bond acceptors (Lipinski definition) is 7. The number of ether oxygens (including phenoxy) is 1. The molecule has 0 bridgehead atoms. The lowest BCUT2D eigenvalue weighted by molar-refractivity contribution is 0.459. The zero-order chi connectivity index (χ0) is 26.3. The Morgan fingerprint density at radius 2 is 1.89 bits per heavy atom. The van der Waals surface area contributed by atoms with Gasteiger partial charge in [-0.25, -0.2) is 4.98 Å². The summed E-state index contributed by atoms with van der Waals surface area (Å²) in [6.45, 7) is 4.45. The number of nitrogens with zero attached hydrogens (tertiary/aromatic N) is 3. The maximum Gasteiger partial charge on any atom is 0.286 e. The van der Waals surface area contributed by atoms with E-state index in [2.05, 4.69) is 30.6 Å². The lowest BCUT2D eigenvalue weighted by Gasteiger charge is -2.21. The van der Waals surface area contributed by atoms with Crippen molar-refractivity contribution in [3.63, 3.8) is 0 Å². The molecule has 1 aliphatic rings. The number of amidine groups is 1. The van der Waals surface area contributed by atoms with Crippen molar-refractivity contribution < 1.29 is 18.3 Å². The topological polar surface area (TPSA) is 123 Å². The summed E-state index contributed by atoms with van der Waals surface area (Å²) in [4.78, 5) is 18.0. The van der Waals surface area contributed by atoms with E-state index < -0.39 is 21.3 Å². The Bertz CT molecular complexity index is 1730. The van der Waals surface area contributed by atoms with Gasteiger partial charge in [0.1, 0.15) is 26.6 Å². The lowest BCUT2D eigenvalue weighted by atomic mass is 10.1. The molecule has 4 aromatic rings. The van der Waals surface area contributed by atoms with Crippen LogP contribution in [0.25, 0.3) is 10.9 Å². The van der Waals surface area contributed by atoms with Crippen molar-refractivity contribution in [2.45, 2.75) is 31.7 Å². The van der Waals surface area contributed by atoms with Gasteiger partial charge >= 0.3 is 0 Å². The number of hydrogen-bond donors (Lipinski definition) is 2. The number of aromatic hydroxyl groups is 1. The summed E-state index contributed by atoms with van der Waals surface area (Å²) >= 11 is 3.31.